The normalized spacial score (nSPS) is 14.5. The Morgan fingerprint density at radius 1 is 1.53 bits per heavy atom. The Bertz CT molecular complexity index is 513. The molecule has 0 amide bonds. The van der Waals surface area contributed by atoms with E-state index in [1.54, 1.807) is 6.20 Å². The highest BCUT2D eigenvalue weighted by molar-refractivity contribution is 7.12. The summed E-state index contributed by atoms with van der Waals surface area (Å²) in [6.45, 7) is 3.12. The van der Waals surface area contributed by atoms with Crippen molar-refractivity contribution in [3.63, 3.8) is 0 Å². The highest BCUT2D eigenvalue weighted by atomic mass is 35.5. The highest BCUT2D eigenvalue weighted by Crippen LogP contribution is 2.38. The standard InChI is InChI=1S/C11H11ClN2S/c1-7-5-8-10(15-7)3-2-4-14-11(8)9(12)6-13-14/h5-6H,2-4H2,1H3. The lowest BCUT2D eigenvalue weighted by Gasteiger charge is -2.02. The molecule has 2 aromatic rings. The number of aromatic nitrogens is 2. The first-order valence-corrected chi connectivity index (χ1v) is 6.26. The molecule has 4 heteroatoms. The third kappa shape index (κ3) is 1.42. The van der Waals surface area contributed by atoms with Crippen molar-refractivity contribution in [2.75, 3.05) is 0 Å². The monoisotopic (exact) mass is 238 g/mol. The summed E-state index contributed by atoms with van der Waals surface area (Å²) in [6, 6.07) is 2.23. The molecule has 0 atom stereocenters. The summed E-state index contributed by atoms with van der Waals surface area (Å²) in [6.07, 6.45) is 4.05. The predicted molar refractivity (Wildman–Crippen MR) is 63.6 cm³/mol. The molecule has 0 N–H and O–H groups in total. The number of hydrogen-bond donors (Lipinski definition) is 0. The molecule has 0 saturated carbocycles. The summed E-state index contributed by atoms with van der Waals surface area (Å²) in [5.74, 6) is 0. The Morgan fingerprint density at radius 3 is 3.27 bits per heavy atom. The third-order valence-electron chi connectivity index (χ3n) is 2.76. The molecular weight excluding hydrogens is 228 g/mol. The van der Waals surface area contributed by atoms with Crippen molar-refractivity contribution < 1.29 is 0 Å². The van der Waals surface area contributed by atoms with Crippen molar-refractivity contribution in [3.8, 4) is 11.3 Å². The average molecular weight is 239 g/mol. The maximum Gasteiger partial charge on any atom is 0.0880 e. The fourth-order valence-corrected chi connectivity index (χ4v) is 3.46. The Kier molecular flexibility index (Phi) is 2.11. The van der Waals surface area contributed by atoms with E-state index in [2.05, 4.69) is 18.1 Å². The van der Waals surface area contributed by atoms with Crippen molar-refractivity contribution >= 4 is 22.9 Å². The molecule has 1 aliphatic heterocycles. The van der Waals surface area contributed by atoms with Crippen LogP contribution in [0.25, 0.3) is 11.3 Å². The predicted octanol–water partition coefficient (Wildman–Crippen LogP) is 3.52. The summed E-state index contributed by atoms with van der Waals surface area (Å²) < 4.78 is 2.03. The van der Waals surface area contributed by atoms with Crippen LogP contribution in [0.5, 0.6) is 0 Å². The van der Waals surface area contributed by atoms with Gasteiger partial charge in [-0.25, -0.2) is 0 Å². The van der Waals surface area contributed by atoms with Gasteiger partial charge in [0.05, 0.1) is 16.9 Å². The van der Waals surface area contributed by atoms with Gasteiger partial charge in [-0.2, -0.15) is 5.10 Å². The minimum absolute atomic E-state index is 0.774. The number of nitrogens with zero attached hydrogens (tertiary/aromatic N) is 2. The van der Waals surface area contributed by atoms with Crippen molar-refractivity contribution in [1.82, 2.24) is 9.78 Å². The van der Waals surface area contributed by atoms with Crippen molar-refractivity contribution in [2.24, 2.45) is 0 Å². The molecule has 2 aromatic heterocycles. The number of halogens is 1. The SMILES string of the molecule is Cc1cc2c(s1)CCCn1ncc(Cl)c1-2. The van der Waals surface area contributed by atoms with Crippen molar-refractivity contribution in [2.45, 2.75) is 26.3 Å². The zero-order valence-electron chi connectivity index (χ0n) is 8.46. The fourth-order valence-electron chi connectivity index (χ4n) is 2.14. The van der Waals surface area contributed by atoms with E-state index in [0.29, 0.717) is 0 Å². The molecule has 0 aliphatic carbocycles. The molecule has 0 fully saturated rings. The Hall–Kier alpha value is -0.800. The highest BCUT2D eigenvalue weighted by Gasteiger charge is 2.20. The van der Waals surface area contributed by atoms with Gasteiger partial charge >= 0.3 is 0 Å². The molecule has 3 heterocycles. The zero-order chi connectivity index (χ0) is 10.4. The molecule has 15 heavy (non-hydrogen) atoms. The minimum Gasteiger partial charge on any atom is -0.263 e. The van der Waals surface area contributed by atoms with Crippen molar-refractivity contribution in [1.29, 1.82) is 0 Å². The van der Waals surface area contributed by atoms with Gasteiger partial charge in [-0.1, -0.05) is 11.6 Å². The van der Waals surface area contributed by atoms with Crippen LogP contribution >= 0.6 is 22.9 Å². The number of rotatable bonds is 0. The molecule has 3 rings (SSSR count). The lowest BCUT2D eigenvalue weighted by atomic mass is 10.1. The number of hydrogen-bond acceptors (Lipinski definition) is 2. The van der Waals surface area contributed by atoms with E-state index >= 15 is 0 Å². The van der Waals surface area contributed by atoms with E-state index in [1.807, 2.05) is 16.0 Å². The molecule has 0 saturated heterocycles. The summed E-state index contributed by atoms with van der Waals surface area (Å²) in [5.41, 5.74) is 2.39. The van der Waals surface area contributed by atoms with Gasteiger partial charge in [-0.05, 0) is 25.8 Å². The average Bonchev–Trinajstić information content (AvgIpc) is 2.67. The van der Waals surface area contributed by atoms with E-state index in [-0.39, 0.29) is 0 Å². The van der Waals surface area contributed by atoms with Gasteiger partial charge in [0.25, 0.3) is 0 Å². The second-order valence-electron chi connectivity index (χ2n) is 3.86. The molecule has 0 radical (unpaired) electrons. The first kappa shape index (κ1) is 9.43. The molecule has 0 unspecified atom stereocenters. The third-order valence-corrected chi connectivity index (χ3v) is 4.14. The van der Waals surface area contributed by atoms with E-state index in [4.69, 9.17) is 11.6 Å². The van der Waals surface area contributed by atoms with Crippen LogP contribution in [-0.4, -0.2) is 9.78 Å². The topological polar surface area (TPSA) is 17.8 Å². The Balaban J connectivity index is 2.29. The molecule has 0 spiro atoms. The molecule has 1 aliphatic rings. The van der Waals surface area contributed by atoms with Gasteiger partial charge in [0.15, 0.2) is 0 Å². The van der Waals surface area contributed by atoms with Crippen LogP contribution in [0.3, 0.4) is 0 Å². The lowest BCUT2D eigenvalue weighted by molar-refractivity contribution is 0.595. The van der Waals surface area contributed by atoms with Gasteiger partial charge in [0.1, 0.15) is 0 Å². The molecule has 0 aromatic carbocycles. The van der Waals surface area contributed by atoms with Crippen LogP contribution in [0.4, 0.5) is 0 Å². The number of thiophene rings is 1. The Labute approximate surface area is 97.5 Å². The van der Waals surface area contributed by atoms with Crippen LogP contribution in [-0.2, 0) is 13.0 Å². The lowest BCUT2D eigenvalue weighted by Crippen LogP contribution is -1.99. The first-order chi connectivity index (χ1) is 7.25. The van der Waals surface area contributed by atoms with Gasteiger partial charge < -0.3 is 0 Å². The van der Waals surface area contributed by atoms with Crippen LogP contribution in [0.15, 0.2) is 12.3 Å². The largest absolute Gasteiger partial charge is 0.263 e. The molecular formula is C11H11ClN2S. The molecule has 0 bridgehead atoms. The molecule has 2 nitrogen and oxygen atoms in total. The zero-order valence-corrected chi connectivity index (χ0v) is 10.0. The van der Waals surface area contributed by atoms with E-state index in [1.165, 1.54) is 15.3 Å². The second-order valence-corrected chi connectivity index (χ2v) is 5.61. The van der Waals surface area contributed by atoms with Gasteiger partial charge in [0, 0.05) is 21.9 Å². The second kappa shape index (κ2) is 3.35. The molecule has 78 valence electrons. The summed E-state index contributed by atoms with van der Waals surface area (Å²) in [4.78, 5) is 2.80. The van der Waals surface area contributed by atoms with Gasteiger partial charge in [0.2, 0.25) is 0 Å². The van der Waals surface area contributed by atoms with E-state index in [0.717, 1.165) is 30.1 Å². The summed E-state index contributed by atoms with van der Waals surface area (Å²) in [5, 5.41) is 5.09. The van der Waals surface area contributed by atoms with E-state index < -0.39 is 0 Å². The first-order valence-electron chi connectivity index (χ1n) is 5.06. The minimum atomic E-state index is 0.774. The maximum atomic E-state index is 6.19. The van der Waals surface area contributed by atoms with Crippen LogP contribution in [0.1, 0.15) is 16.2 Å². The van der Waals surface area contributed by atoms with Gasteiger partial charge in [-0.15, -0.1) is 11.3 Å². The quantitative estimate of drug-likeness (QED) is 0.687. The van der Waals surface area contributed by atoms with Gasteiger partial charge in [-0.3, -0.25) is 4.68 Å². The summed E-state index contributed by atoms with van der Waals surface area (Å²) >= 11 is 8.07. The van der Waals surface area contributed by atoms with E-state index in [9.17, 15) is 0 Å². The van der Waals surface area contributed by atoms with Crippen molar-refractivity contribution in [3.05, 3.63) is 27.0 Å². The summed E-state index contributed by atoms with van der Waals surface area (Å²) in [7, 11) is 0. The fraction of sp³-hybridized carbons (Fsp3) is 0.364. The van der Waals surface area contributed by atoms with Crippen LogP contribution in [0, 0.1) is 6.92 Å². The smallest absolute Gasteiger partial charge is 0.0880 e. The van der Waals surface area contributed by atoms with Crippen LogP contribution in [0.2, 0.25) is 5.02 Å². The maximum absolute atomic E-state index is 6.19. The Morgan fingerprint density at radius 2 is 2.40 bits per heavy atom. The van der Waals surface area contributed by atoms with Crippen LogP contribution < -0.4 is 0 Å². The number of fused-ring (bicyclic) bond motifs is 3. The number of aryl methyl sites for hydroxylation is 3.